The Hall–Kier alpha value is -2.57. The lowest BCUT2D eigenvalue weighted by atomic mass is 9.77. The van der Waals surface area contributed by atoms with E-state index >= 15 is 0 Å². The van der Waals surface area contributed by atoms with Crippen LogP contribution in [0.25, 0.3) is 0 Å². The fourth-order valence-electron chi connectivity index (χ4n) is 3.61. The fourth-order valence-corrected chi connectivity index (χ4v) is 3.61. The van der Waals surface area contributed by atoms with Crippen LogP contribution >= 0.6 is 0 Å². The predicted octanol–water partition coefficient (Wildman–Crippen LogP) is 1.65. The number of fused-ring (bicyclic) bond motifs is 1. The molecule has 1 fully saturated rings. The van der Waals surface area contributed by atoms with E-state index in [9.17, 15) is 14.4 Å². The van der Waals surface area contributed by atoms with Crippen molar-refractivity contribution < 1.29 is 23.9 Å². The Labute approximate surface area is 152 Å². The van der Waals surface area contributed by atoms with E-state index in [0.29, 0.717) is 30.2 Å². The second-order valence-corrected chi connectivity index (χ2v) is 7.04. The second kappa shape index (κ2) is 7.35. The summed E-state index contributed by atoms with van der Waals surface area (Å²) in [6.45, 7) is 1.86. The SMILES string of the molecule is COC(=O)C1(NC(=O)CN2C(=O)COc3ccccc32)CCC(C)CC1. The normalized spacial score (nSPS) is 25.1. The van der Waals surface area contributed by atoms with E-state index in [1.54, 1.807) is 18.2 Å². The predicted molar refractivity (Wildman–Crippen MR) is 94.8 cm³/mol. The molecule has 7 heteroatoms. The molecule has 1 saturated carbocycles. The van der Waals surface area contributed by atoms with Gasteiger partial charge in [-0.1, -0.05) is 19.1 Å². The van der Waals surface area contributed by atoms with Crippen LogP contribution in [0.4, 0.5) is 5.69 Å². The number of carbonyl (C=O) groups excluding carboxylic acids is 3. The van der Waals surface area contributed by atoms with Crippen LogP contribution in [-0.4, -0.2) is 43.6 Å². The molecule has 1 N–H and O–H groups in total. The van der Waals surface area contributed by atoms with Crippen molar-refractivity contribution in [2.24, 2.45) is 5.92 Å². The molecule has 1 heterocycles. The van der Waals surface area contributed by atoms with Gasteiger partial charge in [-0.3, -0.25) is 14.5 Å². The minimum absolute atomic E-state index is 0.107. The number of nitrogens with one attached hydrogen (secondary N) is 1. The van der Waals surface area contributed by atoms with Gasteiger partial charge in [0, 0.05) is 0 Å². The molecule has 0 saturated heterocycles. The topological polar surface area (TPSA) is 84.9 Å². The quantitative estimate of drug-likeness (QED) is 0.826. The first-order valence-corrected chi connectivity index (χ1v) is 8.87. The van der Waals surface area contributed by atoms with E-state index in [2.05, 4.69) is 12.2 Å². The maximum atomic E-state index is 12.7. The third-order valence-corrected chi connectivity index (χ3v) is 5.19. The molecular formula is C19H24N2O5. The van der Waals surface area contributed by atoms with Crippen LogP contribution in [0.15, 0.2) is 24.3 Å². The number of para-hydroxylation sites is 2. The Balaban J connectivity index is 1.75. The van der Waals surface area contributed by atoms with Crippen molar-refractivity contribution in [2.75, 3.05) is 25.2 Å². The zero-order valence-electron chi connectivity index (χ0n) is 15.1. The van der Waals surface area contributed by atoms with Gasteiger partial charge < -0.3 is 14.8 Å². The molecule has 0 radical (unpaired) electrons. The largest absolute Gasteiger partial charge is 0.482 e. The molecule has 0 aromatic heterocycles. The van der Waals surface area contributed by atoms with E-state index in [1.807, 2.05) is 6.07 Å². The van der Waals surface area contributed by atoms with Crippen LogP contribution in [0.5, 0.6) is 5.75 Å². The molecule has 0 unspecified atom stereocenters. The third kappa shape index (κ3) is 3.52. The number of benzene rings is 1. The average Bonchev–Trinajstić information content (AvgIpc) is 2.65. The summed E-state index contributed by atoms with van der Waals surface area (Å²) in [7, 11) is 1.33. The molecule has 1 aliphatic heterocycles. The smallest absolute Gasteiger partial charge is 0.331 e. The number of hydrogen-bond donors (Lipinski definition) is 1. The number of esters is 1. The Kier molecular flexibility index (Phi) is 5.15. The van der Waals surface area contributed by atoms with Crippen LogP contribution < -0.4 is 15.0 Å². The minimum atomic E-state index is -1.01. The lowest BCUT2D eigenvalue weighted by molar-refractivity contribution is -0.152. The summed E-state index contributed by atoms with van der Waals surface area (Å²) < 4.78 is 10.3. The maximum absolute atomic E-state index is 12.7. The van der Waals surface area contributed by atoms with E-state index < -0.39 is 11.5 Å². The Morgan fingerprint density at radius 3 is 2.69 bits per heavy atom. The van der Waals surface area contributed by atoms with E-state index in [1.165, 1.54) is 12.0 Å². The average molecular weight is 360 g/mol. The summed E-state index contributed by atoms with van der Waals surface area (Å²) in [6, 6.07) is 7.08. The van der Waals surface area contributed by atoms with Crippen LogP contribution in [0.2, 0.25) is 0 Å². The Morgan fingerprint density at radius 1 is 1.31 bits per heavy atom. The highest BCUT2D eigenvalue weighted by atomic mass is 16.5. The molecule has 140 valence electrons. The van der Waals surface area contributed by atoms with Crippen LogP contribution in [-0.2, 0) is 19.1 Å². The highest BCUT2D eigenvalue weighted by Gasteiger charge is 2.43. The van der Waals surface area contributed by atoms with Gasteiger partial charge in [-0.2, -0.15) is 0 Å². The first-order valence-electron chi connectivity index (χ1n) is 8.87. The molecule has 0 atom stereocenters. The molecule has 1 aromatic carbocycles. The van der Waals surface area contributed by atoms with Crippen molar-refractivity contribution in [3.05, 3.63) is 24.3 Å². The van der Waals surface area contributed by atoms with Crippen molar-refractivity contribution in [1.29, 1.82) is 0 Å². The summed E-state index contributed by atoms with van der Waals surface area (Å²) in [5.74, 6) is -0.0175. The minimum Gasteiger partial charge on any atom is -0.482 e. The van der Waals surface area contributed by atoms with Crippen molar-refractivity contribution in [3.8, 4) is 5.75 Å². The van der Waals surface area contributed by atoms with Gasteiger partial charge in [0.2, 0.25) is 5.91 Å². The Bertz CT molecular complexity index is 710. The number of ether oxygens (including phenoxy) is 2. The summed E-state index contributed by atoms with van der Waals surface area (Å²) in [5, 5.41) is 2.85. The highest BCUT2D eigenvalue weighted by molar-refractivity contribution is 6.02. The molecule has 0 bridgehead atoms. The molecule has 7 nitrogen and oxygen atoms in total. The summed E-state index contributed by atoms with van der Waals surface area (Å²) in [6.07, 6.45) is 2.77. The molecule has 2 amide bonds. The molecule has 2 aliphatic rings. The maximum Gasteiger partial charge on any atom is 0.331 e. The zero-order valence-corrected chi connectivity index (χ0v) is 15.1. The first kappa shape index (κ1) is 18.2. The summed E-state index contributed by atoms with van der Waals surface area (Å²) >= 11 is 0. The van der Waals surface area contributed by atoms with Crippen LogP contribution in [0.3, 0.4) is 0 Å². The number of rotatable bonds is 4. The van der Waals surface area contributed by atoms with Crippen molar-refractivity contribution >= 4 is 23.5 Å². The molecule has 26 heavy (non-hydrogen) atoms. The number of methoxy groups -OCH3 is 1. The van der Waals surface area contributed by atoms with Gasteiger partial charge in [-0.05, 0) is 43.7 Å². The summed E-state index contributed by atoms with van der Waals surface area (Å²) in [4.78, 5) is 38.7. The van der Waals surface area contributed by atoms with Gasteiger partial charge in [0.05, 0.1) is 12.8 Å². The van der Waals surface area contributed by atoms with Gasteiger partial charge in [0.1, 0.15) is 17.8 Å². The van der Waals surface area contributed by atoms with Crippen molar-refractivity contribution in [2.45, 2.75) is 38.1 Å². The third-order valence-electron chi connectivity index (χ3n) is 5.19. The van der Waals surface area contributed by atoms with Gasteiger partial charge >= 0.3 is 5.97 Å². The number of anilines is 1. The molecule has 0 spiro atoms. The van der Waals surface area contributed by atoms with Gasteiger partial charge in [-0.25, -0.2) is 4.79 Å². The van der Waals surface area contributed by atoms with Crippen molar-refractivity contribution in [3.63, 3.8) is 0 Å². The van der Waals surface area contributed by atoms with E-state index in [-0.39, 0.29) is 25.0 Å². The Morgan fingerprint density at radius 2 is 2.00 bits per heavy atom. The second-order valence-electron chi connectivity index (χ2n) is 7.04. The summed E-state index contributed by atoms with van der Waals surface area (Å²) in [5.41, 5.74) is -0.448. The molecular weight excluding hydrogens is 336 g/mol. The number of amides is 2. The molecule has 1 aromatic rings. The van der Waals surface area contributed by atoms with Gasteiger partial charge in [-0.15, -0.1) is 0 Å². The number of hydrogen-bond acceptors (Lipinski definition) is 5. The van der Waals surface area contributed by atoms with Crippen molar-refractivity contribution in [1.82, 2.24) is 5.32 Å². The number of carbonyl (C=O) groups is 3. The fraction of sp³-hybridized carbons (Fsp3) is 0.526. The molecule has 1 aliphatic carbocycles. The standard InChI is InChI=1S/C19H24N2O5/c1-13-7-9-19(10-8-13,18(24)25-2)20-16(22)11-21-14-5-3-4-6-15(14)26-12-17(21)23/h3-6,13H,7-12H2,1-2H3,(H,20,22). The number of nitrogens with zero attached hydrogens (tertiary/aromatic N) is 1. The monoisotopic (exact) mass is 360 g/mol. The zero-order chi connectivity index (χ0) is 18.7. The lowest BCUT2D eigenvalue weighted by Gasteiger charge is -2.38. The highest BCUT2D eigenvalue weighted by Crippen LogP contribution is 2.34. The van der Waals surface area contributed by atoms with Gasteiger partial charge in [0.25, 0.3) is 5.91 Å². The lowest BCUT2D eigenvalue weighted by Crippen LogP contribution is -2.59. The molecule has 3 rings (SSSR count). The van der Waals surface area contributed by atoms with E-state index in [0.717, 1.165) is 12.8 Å². The van der Waals surface area contributed by atoms with Crippen LogP contribution in [0, 0.1) is 5.92 Å². The van der Waals surface area contributed by atoms with Crippen LogP contribution in [0.1, 0.15) is 32.6 Å². The van der Waals surface area contributed by atoms with E-state index in [4.69, 9.17) is 9.47 Å². The van der Waals surface area contributed by atoms with Gasteiger partial charge in [0.15, 0.2) is 6.61 Å². The first-order chi connectivity index (χ1) is 12.4.